The molecule has 2 aliphatic heterocycles. The number of piperazine rings is 1. The second-order valence-corrected chi connectivity index (χ2v) is 8.22. The zero-order valence-electron chi connectivity index (χ0n) is 13.5. The summed E-state index contributed by atoms with van der Waals surface area (Å²) in [5.74, 6) is 0. The second kappa shape index (κ2) is 5.58. The molecule has 3 nitrogen and oxygen atoms in total. The molecule has 0 amide bonds. The predicted octanol–water partition coefficient (Wildman–Crippen LogP) is 2.45. The van der Waals surface area contributed by atoms with Gasteiger partial charge in [-0.05, 0) is 50.5 Å². The second-order valence-electron chi connectivity index (χ2n) is 8.22. The molecule has 2 saturated heterocycles. The Morgan fingerprint density at radius 3 is 2.65 bits per heavy atom. The van der Waals surface area contributed by atoms with Crippen LogP contribution in [0.3, 0.4) is 0 Å². The number of hydrogen-bond donors (Lipinski definition) is 1. The summed E-state index contributed by atoms with van der Waals surface area (Å²) in [6.07, 6.45) is 9.51. The quantitative estimate of drug-likeness (QED) is 0.788. The molecule has 3 aliphatic rings. The van der Waals surface area contributed by atoms with E-state index in [1.807, 2.05) is 0 Å². The highest BCUT2D eigenvalue weighted by Crippen LogP contribution is 2.41. The predicted molar refractivity (Wildman–Crippen MR) is 84.8 cm³/mol. The number of nitrogens with two attached hydrogens (primary N) is 1. The minimum absolute atomic E-state index is 0.308. The molecule has 3 heteroatoms. The van der Waals surface area contributed by atoms with Crippen molar-refractivity contribution < 1.29 is 0 Å². The summed E-state index contributed by atoms with van der Waals surface area (Å²) in [4.78, 5) is 5.50. The molecule has 1 saturated carbocycles. The molecular weight excluding hydrogens is 246 g/mol. The van der Waals surface area contributed by atoms with Gasteiger partial charge in [0.15, 0.2) is 0 Å². The van der Waals surface area contributed by atoms with E-state index in [2.05, 4.69) is 23.6 Å². The Balaban J connectivity index is 1.71. The fourth-order valence-electron chi connectivity index (χ4n) is 4.79. The van der Waals surface area contributed by atoms with E-state index in [1.54, 1.807) is 0 Å². The first-order valence-corrected chi connectivity index (χ1v) is 8.74. The standard InChI is InChI=1S/C17H33N3/c1-16(2)6-4-7-17(14-18,9-8-16)20-12-11-19-10-3-5-15(19)13-20/h15H,3-14,18H2,1-2H3. The van der Waals surface area contributed by atoms with Gasteiger partial charge in [-0.25, -0.2) is 0 Å². The minimum Gasteiger partial charge on any atom is -0.329 e. The van der Waals surface area contributed by atoms with Crippen molar-refractivity contribution >= 4 is 0 Å². The van der Waals surface area contributed by atoms with Crippen LogP contribution in [0.5, 0.6) is 0 Å². The van der Waals surface area contributed by atoms with Crippen LogP contribution in [0.15, 0.2) is 0 Å². The van der Waals surface area contributed by atoms with Crippen LogP contribution >= 0.6 is 0 Å². The van der Waals surface area contributed by atoms with Crippen molar-refractivity contribution in [3.05, 3.63) is 0 Å². The van der Waals surface area contributed by atoms with Gasteiger partial charge in [0.1, 0.15) is 0 Å². The lowest BCUT2D eigenvalue weighted by Crippen LogP contribution is -2.61. The van der Waals surface area contributed by atoms with Crippen LogP contribution < -0.4 is 5.73 Å². The molecule has 20 heavy (non-hydrogen) atoms. The summed E-state index contributed by atoms with van der Waals surface area (Å²) in [7, 11) is 0. The molecule has 0 bridgehead atoms. The first kappa shape index (κ1) is 14.8. The van der Waals surface area contributed by atoms with Crippen molar-refractivity contribution in [2.45, 2.75) is 70.4 Å². The number of rotatable bonds is 2. The van der Waals surface area contributed by atoms with Gasteiger partial charge < -0.3 is 5.73 Å². The van der Waals surface area contributed by atoms with Crippen molar-refractivity contribution in [3.63, 3.8) is 0 Å². The van der Waals surface area contributed by atoms with Crippen LogP contribution in [-0.2, 0) is 0 Å². The Hall–Kier alpha value is -0.120. The van der Waals surface area contributed by atoms with Gasteiger partial charge >= 0.3 is 0 Å². The summed E-state index contributed by atoms with van der Waals surface area (Å²) in [5.41, 5.74) is 7.14. The third kappa shape index (κ3) is 2.77. The average molecular weight is 279 g/mol. The van der Waals surface area contributed by atoms with E-state index >= 15 is 0 Å². The third-order valence-electron chi connectivity index (χ3n) is 6.40. The molecule has 1 aliphatic carbocycles. The van der Waals surface area contributed by atoms with E-state index in [0.29, 0.717) is 11.0 Å². The van der Waals surface area contributed by atoms with Crippen LogP contribution in [0.25, 0.3) is 0 Å². The van der Waals surface area contributed by atoms with Gasteiger partial charge in [-0.3, -0.25) is 9.80 Å². The van der Waals surface area contributed by atoms with E-state index < -0.39 is 0 Å². The van der Waals surface area contributed by atoms with Gasteiger partial charge in [0.2, 0.25) is 0 Å². The van der Waals surface area contributed by atoms with E-state index in [-0.39, 0.29) is 0 Å². The molecular formula is C17H33N3. The Morgan fingerprint density at radius 2 is 1.85 bits per heavy atom. The van der Waals surface area contributed by atoms with Gasteiger partial charge in [0, 0.05) is 37.8 Å². The lowest BCUT2D eigenvalue weighted by molar-refractivity contribution is 0.00803. The highest BCUT2D eigenvalue weighted by Gasteiger charge is 2.43. The Kier molecular flexibility index (Phi) is 4.13. The normalized spacial score (nSPS) is 39.5. The van der Waals surface area contributed by atoms with Crippen LogP contribution in [0.2, 0.25) is 0 Å². The monoisotopic (exact) mass is 279 g/mol. The zero-order valence-corrected chi connectivity index (χ0v) is 13.5. The Labute approximate surface area is 124 Å². The zero-order chi connectivity index (χ0) is 14.2. The van der Waals surface area contributed by atoms with Gasteiger partial charge in [-0.15, -0.1) is 0 Å². The summed E-state index contributed by atoms with van der Waals surface area (Å²) in [5, 5.41) is 0. The van der Waals surface area contributed by atoms with Gasteiger partial charge in [0.25, 0.3) is 0 Å². The van der Waals surface area contributed by atoms with Crippen LogP contribution in [0, 0.1) is 5.41 Å². The Bertz CT molecular complexity index is 341. The van der Waals surface area contributed by atoms with Crippen molar-refractivity contribution in [2.24, 2.45) is 11.1 Å². The number of hydrogen-bond acceptors (Lipinski definition) is 3. The van der Waals surface area contributed by atoms with Gasteiger partial charge in [-0.1, -0.05) is 20.3 Å². The van der Waals surface area contributed by atoms with E-state index in [4.69, 9.17) is 5.73 Å². The highest BCUT2D eigenvalue weighted by molar-refractivity contribution is 5.00. The van der Waals surface area contributed by atoms with Crippen molar-refractivity contribution in [1.82, 2.24) is 9.80 Å². The maximum absolute atomic E-state index is 6.31. The molecule has 2 heterocycles. The SMILES string of the molecule is CC1(C)CCCC(CN)(N2CCN3CCCC3C2)CC1. The summed E-state index contributed by atoms with van der Waals surface area (Å²) >= 11 is 0. The van der Waals surface area contributed by atoms with Crippen LogP contribution in [0.1, 0.15) is 58.8 Å². The number of nitrogens with zero attached hydrogens (tertiary/aromatic N) is 2. The maximum Gasteiger partial charge on any atom is 0.0333 e. The fraction of sp³-hybridized carbons (Fsp3) is 1.00. The molecule has 0 aromatic carbocycles. The molecule has 0 aromatic rings. The molecule has 0 aromatic heterocycles. The maximum atomic E-state index is 6.31. The first-order valence-electron chi connectivity index (χ1n) is 8.74. The highest BCUT2D eigenvalue weighted by atomic mass is 15.3. The molecule has 116 valence electrons. The molecule has 2 N–H and O–H groups in total. The van der Waals surface area contributed by atoms with E-state index in [0.717, 1.165) is 12.6 Å². The Morgan fingerprint density at radius 1 is 1.00 bits per heavy atom. The van der Waals surface area contributed by atoms with Crippen molar-refractivity contribution in [3.8, 4) is 0 Å². The smallest absolute Gasteiger partial charge is 0.0333 e. The van der Waals surface area contributed by atoms with Gasteiger partial charge in [0.05, 0.1) is 0 Å². The summed E-state index contributed by atoms with van der Waals surface area (Å²) in [6.45, 7) is 10.9. The van der Waals surface area contributed by atoms with Crippen LogP contribution in [0.4, 0.5) is 0 Å². The lowest BCUT2D eigenvalue weighted by atomic mass is 9.82. The first-order chi connectivity index (χ1) is 9.55. The number of fused-ring (bicyclic) bond motifs is 1. The summed E-state index contributed by atoms with van der Waals surface area (Å²) in [6, 6.07) is 0.823. The van der Waals surface area contributed by atoms with Crippen molar-refractivity contribution in [1.29, 1.82) is 0 Å². The van der Waals surface area contributed by atoms with Crippen LogP contribution in [-0.4, -0.2) is 54.1 Å². The lowest BCUT2D eigenvalue weighted by Gasteiger charge is -2.49. The van der Waals surface area contributed by atoms with Gasteiger partial charge in [-0.2, -0.15) is 0 Å². The van der Waals surface area contributed by atoms with E-state index in [1.165, 1.54) is 71.1 Å². The molecule has 0 spiro atoms. The van der Waals surface area contributed by atoms with Crippen molar-refractivity contribution in [2.75, 3.05) is 32.7 Å². The molecule has 2 unspecified atom stereocenters. The summed E-state index contributed by atoms with van der Waals surface area (Å²) < 4.78 is 0. The van der Waals surface area contributed by atoms with E-state index in [9.17, 15) is 0 Å². The average Bonchev–Trinajstić information content (AvgIpc) is 2.83. The molecule has 3 fully saturated rings. The fourth-order valence-corrected chi connectivity index (χ4v) is 4.79. The molecule has 0 radical (unpaired) electrons. The largest absolute Gasteiger partial charge is 0.329 e. The molecule has 3 rings (SSSR count). The minimum atomic E-state index is 0.308. The topological polar surface area (TPSA) is 32.5 Å². The molecule has 2 atom stereocenters. The third-order valence-corrected chi connectivity index (χ3v) is 6.40.